The van der Waals surface area contributed by atoms with Crippen LogP contribution in [0.5, 0.6) is 0 Å². The number of carbonyl (C=O) groups is 1. The van der Waals surface area contributed by atoms with E-state index >= 15 is 0 Å². The van der Waals surface area contributed by atoms with Crippen LogP contribution in [0.25, 0.3) is 5.69 Å². The number of hydrogen-bond acceptors (Lipinski definition) is 3. The van der Waals surface area contributed by atoms with Crippen molar-refractivity contribution in [2.45, 2.75) is 20.8 Å². The fourth-order valence-electron chi connectivity index (χ4n) is 3.15. The van der Waals surface area contributed by atoms with E-state index in [2.05, 4.69) is 34.6 Å². The van der Waals surface area contributed by atoms with Crippen LogP contribution in [0, 0.1) is 20.8 Å². The number of hydrogen-bond donors (Lipinski definition) is 0. The van der Waals surface area contributed by atoms with Crippen LogP contribution in [0.1, 0.15) is 27.3 Å². The van der Waals surface area contributed by atoms with Crippen LogP contribution in [0.15, 0.2) is 30.3 Å². The Balaban J connectivity index is 2.34. The first-order chi connectivity index (χ1) is 12.3. The first-order valence-corrected chi connectivity index (χ1v) is 9.04. The maximum Gasteiger partial charge on any atom is 0.255 e. The molecule has 1 amide bonds. The van der Waals surface area contributed by atoms with E-state index in [0.717, 1.165) is 29.2 Å². The van der Waals surface area contributed by atoms with Crippen molar-refractivity contribution in [3.63, 3.8) is 0 Å². The number of ether oxygens (including phenoxy) is 1. The van der Waals surface area contributed by atoms with Gasteiger partial charge in [-0.25, -0.2) is 0 Å². The van der Waals surface area contributed by atoms with E-state index in [9.17, 15) is 4.79 Å². The van der Waals surface area contributed by atoms with Crippen molar-refractivity contribution in [1.29, 1.82) is 0 Å². The molecule has 0 aliphatic heterocycles. The van der Waals surface area contributed by atoms with E-state index in [-0.39, 0.29) is 5.91 Å². The number of aromatic nitrogens is 1. The second kappa shape index (κ2) is 9.01. The van der Waals surface area contributed by atoms with Gasteiger partial charge in [0.15, 0.2) is 0 Å². The predicted octanol–water partition coefficient (Wildman–Crippen LogP) is 3.05. The standard InChI is InChI=1S/C21H31N3O2/c1-16-8-7-9-19(14-16)24-17(2)15-20(18(24)3)21(25)23(12-13-26-6)11-10-22(4)5/h7-9,14-15H,10-13H2,1-6H3. The Hall–Kier alpha value is -2.11. The zero-order chi connectivity index (χ0) is 19.3. The quantitative estimate of drug-likeness (QED) is 0.729. The molecule has 1 aromatic carbocycles. The minimum atomic E-state index is 0.0657. The Morgan fingerprint density at radius 1 is 1.08 bits per heavy atom. The first kappa shape index (κ1) is 20.2. The number of methoxy groups -OCH3 is 1. The number of likely N-dealkylation sites (N-methyl/N-ethyl adjacent to an activating group) is 1. The summed E-state index contributed by atoms with van der Waals surface area (Å²) in [5.41, 5.74) is 5.10. The molecule has 0 spiro atoms. The van der Waals surface area contributed by atoms with Gasteiger partial charge < -0.3 is 19.1 Å². The molecule has 0 aliphatic rings. The Bertz CT molecular complexity index is 750. The van der Waals surface area contributed by atoms with Gasteiger partial charge in [0.2, 0.25) is 0 Å². The van der Waals surface area contributed by atoms with Crippen molar-refractivity contribution in [1.82, 2.24) is 14.4 Å². The second-order valence-electron chi connectivity index (χ2n) is 7.05. The van der Waals surface area contributed by atoms with Crippen molar-refractivity contribution in [2.75, 3.05) is 47.4 Å². The van der Waals surface area contributed by atoms with Gasteiger partial charge in [-0.15, -0.1) is 0 Å². The Labute approximate surface area is 157 Å². The molecule has 0 unspecified atom stereocenters. The van der Waals surface area contributed by atoms with E-state index in [0.29, 0.717) is 19.7 Å². The van der Waals surface area contributed by atoms with Gasteiger partial charge in [-0.2, -0.15) is 0 Å². The lowest BCUT2D eigenvalue weighted by atomic mass is 10.2. The van der Waals surface area contributed by atoms with Crippen molar-refractivity contribution < 1.29 is 9.53 Å². The predicted molar refractivity (Wildman–Crippen MR) is 106 cm³/mol. The van der Waals surface area contributed by atoms with Gasteiger partial charge in [0.05, 0.1) is 12.2 Å². The summed E-state index contributed by atoms with van der Waals surface area (Å²) in [5, 5.41) is 0. The summed E-state index contributed by atoms with van der Waals surface area (Å²) in [6, 6.07) is 10.3. The van der Waals surface area contributed by atoms with E-state index in [4.69, 9.17) is 4.74 Å². The third kappa shape index (κ3) is 4.74. The summed E-state index contributed by atoms with van der Waals surface area (Å²) in [6.45, 7) is 8.79. The molecule has 1 heterocycles. The molecule has 0 atom stereocenters. The highest BCUT2D eigenvalue weighted by atomic mass is 16.5. The number of carbonyl (C=O) groups excluding carboxylic acids is 1. The van der Waals surface area contributed by atoms with Crippen LogP contribution in [-0.2, 0) is 4.74 Å². The average Bonchev–Trinajstić information content (AvgIpc) is 2.88. The summed E-state index contributed by atoms with van der Waals surface area (Å²) in [4.78, 5) is 17.2. The van der Waals surface area contributed by atoms with Crippen LogP contribution in [0.2, 0.25) is 0 Å². The molecule has 142 valence electrons. The molecule has 0 saturated carbocycles. The molecule has 0 bridgehead atoms. The van der Waals surface area contributed by atoms with Gasteiger partial charge >= 0.3 is 0 Å². The van der Waals surface area contributed by atoms with Gasteiger partial charge in [0.1, 0.15) is 0 Å². The highest BCUT2D eigenvalue weighted by molar-refractivity contribution is 5.96. The van der Waals surface area contributed by atoms with Crippen LogP contribution in [-0.4, -0.2) is 67.7 Å². The first-order valence-electron chi connectivity index (χ1n) is 9.04. The highest BCUT2D eigenvalue weighted by Crippen LogP contribution is 2.22. The maximum atomic E-state index is 13.2. The zero-order valence-electron chi connectivity index (χ0n) is 16.9. The van der Waals surface area contributed by atoms with E-state index in [1.807, 2.05) is 45.0 Å². The molecule has 26 heavy (non-hydrogen) atoms. The molecule has 2 aromatic rings. The molecule has 0 saturated heterocycles. The summed E-state index contributed by atoms with van der Waals surface area (Å²) in [5.74, 6) is 0.0657. The van der Waals surface area contributed by atoms with E-state index in [1.165, 1.54) is 5.56 Å². The fourth-order valence-corrected chi connectivity index (χ4v) is 3.15. The monoisotopic (exact) mass is 357 g/mol. The van der Waals surface area contributed by atoms with Crippen molar-refractivity contribution in [3.8, 4) is 5.69 Å². The molecule has 2 rings (SSSR count). The zero-order valence-corrected chi connectivity index (χ0v) is 16.9. The van der Waals surface area contributed by atoms with Crippen molar-refractivity contribution in [2.24, 2.45) is 0 Å². The second-order valence-corrected chi connectivity index (χ2v) is 7.05. The Morgan fingerprint density at radius 2 is 1.81 bits per heavy atom. The molecular formula is C21H31N3O2. The van der Waals surface area contributed by atoms with Crippen LogP contribution in [0.3, 0.4) is 0 Å². The van der Waals surface area contributed by atoms with Crippen molar-refractivity contribution in [3.05, 3.63) is 52.8 Å². The SMILES string of the molecule is COCCN(CCN(C)C)C(=O)c1cc(C)n(-c2cccc(C)c2)c1C. The fraction of sp³-hybridized carbons (Fsp3) is 0.476. The number of benzene rings is 1. The van der Waals surface area contributed by atoms with Gasteiger partial charge in [-0.3, -0.25) is 4.79 Å². The van der Waals surface area contributed by atoms with Gasteiger partial charge in [0, 0.05) is 43.8 Å². The highest BCUT2D eigenvalue weighted by Gasteiger charge is 2.22. The molecule has 0 aliphatic carbocycles. The van der Waals surface area contributed by atoms with Gasteiger partial charge in [0.25, 0.3) is 5.91 Å². The lowest BCUT2D eigenvalue weighted by Gasteiger charge is -2.24. The minimum Gasteiger partial charge on any atom is -0.383 e. The molecule has 0 radical (unpaired) electrons. The number of nitrogens with zero attached hydrogens (tertiary/aromatic N) is 3. The molecule has 0 fully saturated rings. The van der Waals surface area contributed by atoms with Crippen LogP contribution < -0.4 is 0 Å². The Kier molecular flexibility index (Phi) is 7.00. The van der Waals surface area contributed by atoms with Gasteiger partial charge in [-0.05, 0) is 58.6 Å². The average molecular weight is 357 g/mol. The third-order valence-corrected chi connectivity index (χ3v) is 4.59. The summed E-state index contributed by atoms with van der Waals surface area (Å²) in [7, 11) is 5.70. The molecule has 5 heteroatoms. The molecular weight excluding hydrogens is 326 g/mol. The number of amides is 1. The summed E-state index contributed by atoms with van der Waals surface area (Å²) < 4.78 is 7.35. The minimum absolute atomic E-state index is 0.0657. The van der Waals surface area contributed by atoms with Gasteiger partial charge in [-0.1, -0.05) is 12.1 Å². The summed E-state index contributed by atoms with van der Waals surface area (Å²) >= 11 is 0. The Morgan fingerprint density at radius 3 is 2.42 bits per heavy atom. The topological polar surface area (TPSA) is 37.7 Å². The maximum absolute atomic E-state index is 13.2. The third-order valence-electron chi connectivity index (χ3n) is 4.59. The van der Waals surface area contributed by atoms with Crippen molar-refractivity contribution >= 4 is 5.91 Å². The molecule has 0 N–H and O–H groups in total. The normalized spacial score (nSPS) is 11.2. The lowest BCUT2D eigenvalue weighted by Crippen LogP contribution is -2.39. The lowest BCUT2D eigenvalue weighted by molar-refractivity contribution is 0.0682. The molecule has 5 nitrogen and oxygen atoms in total. The number of rotatable bonds is 8. The van der Waals surface area contributed by atoms with E-state index < -0.39 is 0 Å². The van der Waals surface area contributed by atoms with E-state index in [1.54, 1.807) is 7.11 Å². The summed E-state index contributed by atoms with van der Waals surface area (Å²) in [6.07, 6.45) is 0. The largest absolute Gasteiger partial charge is 0.383 e. The smallest absolute Gasteiger partial charge is 0.255 e. The van der Waals surface area contributed by atoms with Crippen LogP contribution >= 0.6 is 0 Å². The molecule has 1 aromatic heterocycles. The van der Waals surface area contributed by atoms with Crippen LogP contribution in [0.4, 0.5) is 0 Å². The number of aryl methyl sites for hydroxylation is 2.